The monoisotopic (exact) mass is 253 g/mol. The number of hydrogen-bond acceptors (Lipinski definition) is 3. The fourth-order valence-electron chi connectivity index (χ4n) is 1.64. The van der Waals surface area contributed by atoms with Crippen LogP contribution >= 0.6 is 11.8 Å². The Morgan fingerprint density at radius 2 is 2.29 bits per heavy atom. The minimum Gasteiger partial charge on any atom is -0.356 e. The number of aromatic nitrogens is 2. The summed E-state index contributed by atoms with van der Waals surface area (Å²) in [7, 11) is 0. The summed E-state index contributed by atoms with van der Waals surface area (Å²) in [5.74, 6) is 1.66. The van der Waals surface area contributed by atoms with Gasteiger partial charge < -0.3 is 10.3 Å². The number of imidazole rings is 1. The molecule has 0 fully saturated rings. The van der Waals surface area contributed by atoms with Crippen LogP contribution in [-0.2, 0) is 0 Å². The van der Waals surface area contributed by atoms with E-state index in [-0.39, 0.29) is 5.82 Å². The predicted molar refractivity (Wildman–Crippen MR) is 72.2 cm³/mol. The molecule has 17 heavy (non-hydrogen) atoms. The summed E-state index contributed by atoms with van der Waals surface area (Å²) in [6, 6.07) is 4.56. The van der Waals surface area contributed by atoms with Gasteiger partial charge in [-0.25, -0.2) is 9.37 Å². The number of fused-ring (bicyclic) bond motifs is 1. The molecule has 0 aliphatic heterocycles. The lowest BCUT2D eigenvalue weighted by Crippen LogP contribution is -2.03. The van der Waals surface area contributed by atoms with Gasteiger partial charge in [0.2, 0.25) is 5.95 Å². The number of nitrogens with one attached hydrogen (secondary N) is 2. The van der Waals surface area contributed by atoms with Crippen LogP contribution in [0.15, 0.2) is 18.2 Å². The summed E-state index contributed by atoms with van der Waals surface area (Å²) in [4.78, 5) is 7.39. The van der Waals surface area contributed by atoms with Gasteiger partial charge in [-0.15, -0.1) is 0 Å². The van der Waals surface area contributed by atoms with Gasteiger partial charge in [0.05, 0.1) is 11.0 Å². The molecular formula is C12H16FN3S. The first-order chi connectivity index (χ1) is 8.29. The van der Waals surface area contributed by atoms with Crippen molar-refractivity contribution >= 4 is 28.7 Å². The number of hydrogen-bond donors (Lipinski definition) is 2. The van der Waals surface area contributed by atoms with Crippen molar-refractivity contribution < 1.29 is 4.39 Å². The first kappa shape index (κ1) is 12.2. The maximum atomic E-state index is 13.0. The summed E-state index contributed by atoms with van der Waals surface area (Å²) in [5.41, 5.74) is 1.52. The number of halogens is 1. The molecule has 3 nitrogen and oxygen atoms in total. The Balaban J connectivity index is 1.91. The average Bonchev–Trinajstić information content (AvgIpc) is 2.70. The molecule has 0 saturated carbocycles. The van der Waals surface area contributed by atoms with E-state index in [1.54, 1.807) is 6.07 Å². The molecule has 0 bridgehead atoms. The third kappa shape index (κ3) is 3.36. The van der Waals surface area contributed by atoms with E-state index in [2.05, 4.69) is 21.5 Å². The highest BCUT2D eigenvalue weighted by molar-refractivity contribution is 7.98. The molecule has 0 radical (unpaired) electrons. The molecular weight excluding hydrogens is 237 g/mol. The second-order valence-electron chi connectivity index (χ2n) is 3.87. The van der Waals surface area contributed by atoms with E-state index in [0.717, 1.165) is 29.9 Å². The van der Waals surface area contributed by atoms with Crippen LogP contribution < -0.4 is 5.32 Å². The van der Waals surface area contributed by atoms with E-state index in [0.29, 0.717) is 0 Å². The number of H-pyrrole nitrogens is 1. The van der Waals surface area contributed by atoms with E-state index in [4.69, 9.17) is 0 Å². The van der Waals surface area contributed by atoms with E-state index in [1.165, 1.54) is 24.3 Å². The Bertz CT molecular complexity index is 484. The lowest BCUT2D eigenvalue weighted by Gasteiger charge is -2.01. The van der Waals surface area contributed by atoms with E-state index in [1.807, 2.05) is 11.8 Å². The highest BCUT2D eigenvalue weighted by Gasteiger charge is 2.02. The van der Waals surface area contributed by atoms with Crippen molar-refractivity contribution in [2.45, 2.75) is 12.8 Å². The number of aromatic amines is 1. The minimum absolute atomic E-state index is 0.243. The van der Waals surface area contributed by atoms with Gasteiger partial charge in [-0.3, -0.25) is 0 Å². The van der Waals surface area contributed by atoms with Crippen molar-refractivity contribution in [2.24, 2.45) is 0 Å². The van der Waals surface area contributed by atoms with Crippen LogP contribution in [-0.4, -0.2) is 28.5 Å². The van der Waals surface area contributed by atoms with Crippen LogP contribution in [0.5, 0.6) is 0 Å². The van der Waals surface area contributed by atoms with E-state index in [9.17, 15) is 4.39 Å². The SMILES string of the molecule is CSCCCCNc1nc2ccc(F)cc2[nH]1. The Labute approximate surface area is 104 Å². The summed E-state index contributed by atoms with van der Waals surface area (Å²) in [5, 5.41) is 3.21. The Morgan fingerprint density at radius 1 is 1.41 bits per heavy atom. The van der Waals surface area contributed by atoms with Crippen molar-refractivity contribution in [1.29, 1.82) is 0 Å². The molecule has 2 aromatic rings. The third-order valence-corrected chi connectivity index (χ3v) is 3.21. The molecule has 0 atom stereocenters. The van der Waals surface area contributed by atoms with Gasteiger partial charge in [-0.1, -0.05) is 0 Å². The predicted octanol–water partition coefficient (Wildman–Crippen LogP) is 3.26. The van der Waals surface area contributed by atoms with Crippen molar-refractivity contribution in [1.82, 2.24) is 9.97 Å². The topological polar surface area (TPSA) is 40.7 Å². The van der Waals surface area contributed by atoms with Gasteiger partial charge in [-0.2, -0.15) is 11.8 Å². The van der Waals surface area contributed by atoms with Crippen LogP contribution in [0.1, 0.15) is 12.8 Å². The van der Waals surface area contributed by atoms with Crippen molar-refractivity contribution in [2.75, 3.05) is 23.9 Å². The fourth-order valence-corrected chi connectivity index (χ4v) is 2.14. The molecule has 0 unspecified atom stereocenters. The van der Waals surface area contributed by atoms with Crippen LogP contribution in [0.25, 0.3) is 11.0 Å². The number of benzene rings is 1. The molecule has 2 N–H and O–H groups in total. The average molecular weight is 253 g/mol. The van der Waals surface area contributed by atoms with Gasteiger partial charge in [0.25, 0.3) is 0 Å². The molecule has 0 spiro atoms. The molecule has 1 aromatic carbocycles. The zero-order valence-corrected chi connectivity index (χ0v) is 10.6. The van der Waals surface area contributed by atoms with E-state index < -0.39 is 0 Å². The first-order valence-corrected chi connectivity index (χ1v) is 7.07. The van der Waals surface area contributed by atoms with Crippen LogP contribution in [0.3, 0.4) is 0 Å². The number of rotatable bonds is 6. The Hall–Kier alpha value is -1.23. The smallest absolute Gasteiger partial charge is 0.201 e. The summed E-state index contributed by atoms with van der Waals surface area (Å²) in [6.07, 6.45) is 4.43. The normalized spacial score (nSPS) is 10.9. The number of thioether (sulfide) groups is 1. The van der Waals surface area contributed by atoms with Crippen LogP contribution in [0.2, 0.25) is 0 Å². The summed E-state index contributed by atoms with van der Waals surface area (Å²) < 4.78 is 13.0. The molecule has 1 aromatic heterocycles. The highest BCUT2D eigenvalue weighted by Crippen LogP contribution is 2.15. The molecule has 0 saturated heterocycles. The summed E-state index contributed by atoms with van der Waals surface area (Å²) in [6.45, 7) is 0.892. The van der Waals surface area contributed by atoms with Gasteiger partial charge in [0.15, 0.2) is 0 Å². The van der Waals surface area contributed by atoms with Gasteiger partial charge >= 0.3 is 0 Å². The lowest BCUT2D eigenvalue weighted by atomic mass is 10.3. The van der Waals surface area contributed by atoms with Crippen molar-refractivity contribution in [3.8, 4) is 0 Å². The maximum absolute atomic E-state index is 13.0. The molecule has 0 aliphatic carbocycles. The van der Waals surface area contributed by atoms with Crippen molar-refractivity contribution in [3.63, 3.8) is 0 Å². The van der Waals surface area contributed by atoms with Gasteiger partial charge in [-0.05, 0) is 43.0 Å². The molecule has 2 rings (SSSR count). The molecule has 5 heteroatoms. The Morgan fingerprint density at radius 3 is 3.12 bits per heavy atom. The molecule has 1 heterocycles. The second kappa shape index (κ2) is 5.91. The number of unbranched alkanes of at least 4 members (excludes halogenated alkanes) is 1. The molecule has 0 amide bonds. The second-order valence-corrected chi connectivity index (χ2v) is 4.86. The lowest BCUT2D eigenvalue weighted by molar-refractivity contribution is 0.629. The Kier molecular flexibility index (Phi) is 4.25. The fraction of sp³-hybridized carbons (Fsp3) is 0.417. The standard InChI is InChI=1S/C12H16FN3S/c1-17-7-3-2-6-14-12-15-10-5-4-9(13)8-11(10)16-12/h4-5,8H,2-3,6-7H2,1H3,(H2,14,15,16). The summed E-state index contributed by atoms with van der Waals surface area (Å²) >= 11 is 1.86. The highest BCUT2D eigenvalue weighted by atomic mass is 32.2. The number of anilines is 1. The zero-order valence-electron chi connectivity index (χ0n) is 9.79. The molecule has 92 valence electrons. The first-order valence-electron chi connectivity index (χ1n) is 5.67. The van der Waals surface area contributed by atoms with Gasteiger partial charge in [0.1, 0.15) is 5.82 Å². The maximum Gasteiger partial charge on any atom is 0.201 e. The van der Waals surface area contributed by atoms with Gasteiger partial charge in [0, 0.05) is 6.54 Å². The number of nitrogens with zero attached hydrogens (tertiary/aromatic N) is 1. The van der Waals surface area contributed by atoms with Crippen molar-refractivity contribution in [3.05, 3.63) is 24.0 Å². The van der Waals surface area contributed by atoms with Crippen LogP contribution in [0.4, 0.5) is 10.3 Å². The molecule has 0 aliphatic rings. The quantitative estimate of drug-likeness (QED) is 0.776. The largest absolute Gasteiger partial charge is 0.356 e. The third-order valence-electron chi connectivity index (χ3n) is 2.51. The van der Waals surface area contributed by atoms with E-state index >= 15 is 0 Å². The minimum atomic E-state index is -0.243. The zero-order chi connectivity index (χ0) is 12.1. The van der Waals surface area contributed by atoms with Crippen LogP contribution in [0, 0.1) is 5.82 Å².